The Bertz CT molecular complexity index is 958. The third-order valence-electron chi connectivity index (χ3n) is 4.80. The number of nitrogens with zero attached hydrogens (tertiary/aromatic N) is 5. The average molecular weight is 407 g/mol. The van der Waals surface area contributed by atoms with Crippen molar-refractivity contribution in [2.45, 2.75) is 4.90 Å². The van der Waals surface area contributed by atoms with E-state index in [0.29, 0.717) is 18.9 Å². The van der Waals surface area contributed by atoms with Crippen molar-refractivity contribution in [2.24, 2.45) is 0 Å². The Morgan fingerprint density at radius 1 is 0.966 bits per heavy atom. The second-order valence-electron chi connectivity index (χ2n) is 6.61. The normalized spacial score (nSPS) is 14.0. The molecule has 4 rings (SSSR count). The number of nitrogens with one attached hydrogen (secondary N) is 1. The minimum absolute atomic E-state index is 0.0810. The van der Waals surface area contributed by atoms with Crippen LogP contribution in [0.2, 0.25) is 0 Å². The lowest BCUT2D eigenvalue weighted by Crippen LogP contribution is -2.49. The summed E-state index contributed by atoms with van der Waals surface area (Å²) in [6.07, 6.45) is 5.31. The van der Waals surface area contributed by atoms with Crippen LogP contribution in [-0.4, -0.2) is 58.2 Å². The van der Waals surface area contributed by atoms with E-state index in [4.69, 9.17) is 0 Å². The molecule has 1 saturated heterocycles. The van der Waals surface area contributed by atoms with Gasteiger partial charge in [0.1, 0.15) is 23.8 Å². The average Bonchev–Trinajstić information content (AvgIpc) is 2.80. The Labute approximate surface area is 174 Å². The van der Waals surface area contributed by atoms with Crippen LogP contribution in [0.5, 0.6) is 0 Å². The first-order chi connectivity index (χ1) is 14.2. The molecule has 0 saturated carbocycles. The monoisotopic (exact) mass is 406 g/mol. The highest BCUT2D eigenvalue weighted by molar-refractivity contribution is 7.98. The van der Waals surface area contributed by atoms with E-state index in [2.05, 4.69) is 25.2 Å². The maximum Gasteiger partial charge on any atom is 0.253 e. The number of piperazine rings is 1. The molecule has 2 aromatic heterocycles. The largest absolute Gasteiger partial charge is 0.353 e. The summed E-state index contributed by atoms with van der Waals surface area (Å²) < 4.78 is 0. The summed E-state index contributed by atoms with van der Waals surface area (Å²) in [4.78, 5) is 30.9. The Kier molecular flexibility index (Phi) is 5.90. The van der Waals surface area contributed by atoms with Gasteiger partial charge in [-0.25, -0.2) is 15.0 Å². The van der Waals surface area contributed by atoms with Crippen LogP contribution in [0.1, 0.15) is 10.4 Å². The van der Waals surface area contributed by atoms with Crippen LogP contribution in [0.4, 0.5) is 17.5 Å². The molecule has 1 N–H and O–H groups in total. The van der Waals surface area contributed by atoms with Gasteiger partial charge >= 0.3 is 0 Å². The lowest BCUT2D eigenvalue weighted by molar-refractivity contribution is 0.0746. The molecule has 29 heavy (non-hydrogen) atoms. The molecule has 0 unspecified atom stereocenters. The maximum absolute atomic E-state index is 12.8. The maximum atomic E-state index is 12.8. The van der Waals surface area contributed by atoms with Gasteiger partial charge in [-0.3, -0.25) is 4.79 Å². The summed E-state index contributed by atoms with van der Waals surface area (Å²) in [7, 11) is 0. The van der Waals surface area contributed by atoms with Gasteiger partial charge in [0.2, 0.25) is 0 Å². The molecule has 1 aliphatic rings. The number of carbonyl (C=O) groups excluding carboxylic acids is 1. The highest BCUT2D eigenvalue weighted by Gasteiger charge is 2.23. The minimum Gasteiger partial charge on any atom is -0.353 e. The quantitative estimate of drug-likeness (QED) is 0.652. The number of anilines is 3. The van der Waals surface area contributed by atoms with E-state index < -0.39 is 0 Å². The van der Waals surface area contributed by atoms with Crippen molar-refractivity contribution in [2.75, 3.05) is 42.7 Å². The van der Waals surface area contributed by atoms with Crippen molar-refractivity contribution < 1.29 is 4.79 Å². The SMILES string of the molecule is CSc1ccc(C(=O)N2CCN(c3cc(Nc4ccccn4)ncn3)CC2)cc1. The van der Waals surface area contributed by atoms with Crippen molar-refractivity contribution in [1.82, 2.24) is 19.9 Å². The lowest BCUT2D eigenvalue weighted by Gasteiger charge is -2.35. The van der Waals surface area contributed by atoms with Gasteiger partial charge in [0, 0.05) is 48.9 Å². The van der Waals surface area contributed by atoms with E-state index in [1.165, 1.54) is 0 Å². The molecule has 0 atom stereocenters. The van der Waals surface area contributed by atoms with Gasteiger partial charge in [0.15, 0.2) is 0 Å². The molecule has 0 aliphatic carbocycles. The fourth-order valence-corrected chi connectivity index (χ4v) is 3.62. The van der Waals surface area contributed by atoms with Gasteiger partial charge in [-0.15, -0.1) is 11.8 Å². The molecule has 3 heterocycles. The molecule has 7 nitrogen and oxygen atoms in total. The molecule has 0 bridgehead atoms. The van der Waals surface area contributed by atoms with Crippen LogP contribution in [0.15, 0.2) is 66.0 Å². The number of benzene rings is 1. The van der Waals surface area contributed by atoms with E-state index in [9.17, 15) is 4.79 Å². The summed E-state index contributed by atoms with van der Waals surface area (Å²) in [6.45, 7) is 2.79. The van der Waals surface area contributed by atoms with E-state index in [1.54, 1.807) is 24.3 Å². The summed E-state index contributed by atoms with van der Waals surface area (Å²) in [5.74, 6) is 2.36. The minimum atomic E-state index is 0.0810. The molecule has 8 heteroatoms. The summed E-state index contributed by atoms with van der Waals surface area (Å²) in [5, 5.41) is 3.19. The summed E-state index contributed by atoms with van der Waals surface area (Å²) in [5.41, 5.74) is 0.736. The first-order valence-electron chi connectivity index (χ1n) is 9.41. The Morgan fingerprint density at radius 3 is 2.45 bits per heavy atom. The summed E-state index contributed by atoms with van der Waals surface area (Å²) in [6, 6.07) is 15.4. The van der Waals surface area contributed by atoms with Crippen LogP contribution in [-0.2, 0) is 0 Å². The molecule has 1 aliphatic heterocycles. The predicted molar refractivity (Wildman–Crippen MR) is 116 cm³/mol. The predicted octanol–water partition coefficient (Wildman–Crippen LogP) is 3.30. The lowest BCUT2D eigenvalue weighted by atomic mass is 10.2. The van der Waals surface area contributed by atoms with Gasteiger partial charge in [-0.2, -0.15) is 0 Å². The highest BCUT2D eigenvalue weighted by atomic mass is 32.2. The molecular weight excluding hydrogens is 384 g/mol. The van der Waals surface area contributed by atoms with Gasteiger partial charge in [0.05, 0.1) is 0 Å². The zero-order chi connectivity index (χ0) is 20.1. The van der Waals surface area contributed by atoms with Gasteiger partial charge in [-0.1, -0.05) is 6.07 Å². The number of hydrogen-bond donors (Lipinski definition) is 1. The molecular formula is C21H22N6OS. The molecule has 0 spiro atoms. The molecule has 1 fully saturated rings. The molecule has 0 radical (unpaired) electrons. The zero-order valence-corrected chi connectivity index (χ0v) is 17.0. The molecule has 3 aromatic rings. The zero-order valence-electron chi connectivity index (χ0n) is 16.2. The van der Waals surface area contributed by atoms with Crippen molar-refractivity contribution in [3.05, 3.63) is 66.6 Å². The number of hydrogen-bond acceptors (Lipinski definition) is 7. The Morgan fingerprint density at radius 2 is 1.76 bits per heavy atom. The van der Waals surface area contributed by atoms with E-state index in [-0.39, 0.29) is 5.91 Å². The van der Waals surface area contributed by atoms with Gasteiger partial charge in [0.25, 0.3) is 5.91 Å². The number of amides is 1. The van der Waals surface area contributed by atoms with E-state index in [1.807, 2.05) is 59.7 Å². The van der Waals surface area contributed by atoms with Crippen LogP contribution in [0.25, 0.3) is 0 Å². The van der Waals surface area contributed by atoms with Crippen molar-refractivity contribution >= 4 is 35.1 Å². The van der Waals surface area contributed by atoms with E-state index in [0.717, 1.165) is 35.2 Å². The van der Waals surface area contributed by atoms with Crippen LogP contribution >= 0.6 is 11.8 Å². The van der Waals surface area contributed by atoms with Crippen molar-refractivity contribution in [3.63, 3.8) is 0 Å². The molecule has 148 valence electrons. The second kappa shape index (κ2) is 8.91. The topological polar surface area (TPSA) is 74.2 Å². The van der Waals surface area contributed by atoms with Gasteiger partial charge in [-0.05, 0) is 42.7 Å². The van der Waals surface area contributed by atoms with Gasteiger partial charge < -0.3 is 15.1 Å². The van der Waals surface area contributed by atoms with E-state index >= 15 is 0 Å². The Balaban J connectivity index is 1.38. The smallest absolute Gasteiger partial charge is 0.253 e. The van der Waals surface area contributed by atoms with Crippen LogP contribution < -0.4 is 10.2 Å². The first-order valence-corrected chi connectivity index (χ1v) is 10.6. The third-order valence-corrected chi connectivity index (χ3v) is 5.55. The molecule has 1 aromatic carbocycles. The summed E-state index contributed by atoms with van der Waals surface area (Å²) >= 11 is 1.67. The number of thioether (sulfide) groups is 1. The van der Waals surface area contributed by atoms with Crippen molar-refractivity contribution in [1.29, 1.82) is 0 Å². The first kappa shape index (κ1) is 19.2. The fraction of sp³-hybridized carbons (Fsp3) is 0.238. The highest BCUT2D eigenvalue weighted by Crippen LogP contribution is 2.20. The van der Waals surface area contributed by atoms with Crippen molar-refractivity contribution in [3.8, 4) is 0 Å². The number of rotatable bonds is 5. The fourth-order valence-electron chi connectivity index (χ4n) is 3.21. The standard InChI is InChI=1S/C21H22N6OS/c1-29-17-7-5-16(6-8-17)21(28)27-12-10-26(11-13-27)20-14-19(23-15-24-20)25-18-4-2-3-9-22-18/h2-9,14-15H,10-13H2,1H3,(H,22,23,24,25). The third kappa shape index (κ3) is 4.65. The van der Waals surface area contributed by atoms with Crippen LogP contribution in [0, 0.1) is 0 Å². The number of aromatic nitrogens is 3. The molecule has 1 amide bonds. The number of pyridine rings is 1. The van der Waals surface area contributed by atoms with Crippen LogP contribution in [0.3, 0.4) is 0 Å². The second-order valence-corrected chi connectivity index (χ2v) is 7.49. The Hall–Kier alpha value is -3.13. The number of carbonyl (C=O) groups is 1.